The first-order chi connectivity index (χ1) is 8.13. The molecule has 1 rings (SSSR count). The van der Waals surface area contributed by atoms with E-state index in [0.29, 0.717) is 12.2 Å². The summed E-state index contributed by atoms with van der Waals surface area (Å²) in [6, 6.07) is 8.52. The second-order valence-corrected chi connectivity index (χ2v) is 4.06. The van der Waals surface area contributed by atoms with E-state index in [9.17, 15) is 4.79 Å². The van der Waals surface area contributed by atoms with Crippen LogP contribution in [0.2, 0.25) is 0 Å². The van der Waals surface area contributed by atoms with E-state index in [1.807, 2.05) is 13.0 Å². The van der Waals surface area contributed by atoms with Crippen molar-refractivity contribution in [3.63, 3.8) is 0 Å². The topological polar surface area (TPSA) is 64.3 Å². The molecule has 17 heavy (non-hydrogen) atoms. The molecule has 1 atom stereocenters. The molecule has 0 fully saturated rings. The first-order valence-electron chi connectivity index (χ1n) is 5.46. The van der Waals surface area contributed by atoms with Crippen LogP contribution in [0.3, 0.4) is 0 Å². The number of amides is 1. The second-order valence-electron chi connectivity index (χ2n) is 3.59. The van der Waals surface area contributed by atoms with Crippen LogP contribution < -0.4 is 15.8 Å². The first-order valence-corrected chi connectivity index (χ1v) is 5.87. The van der Waals surface area contributed by atoms with E-state index in [-0.39, 0.29) is 11.0 Å². The molecule has 0 heterocycles. The molecule has 0 radical (unpaired) electrons. The van der Waals surface area contributed by atoms with Gasteiger partial charge >= 0.3 is 6.09 Å². The van der Waals surface area contributed by atoms with E-state index < -0.39 is 6.09 Å². The second kappa shape index (κ2) is 6.85. The molecule has 5 heteroatoms. The lowest BCUT2D eigenvalue weighted by Gasteiger charge is -2.16. The highest BCUT2D eigenvalue weighted by Gasteiger charge is 2.15. The average Bonchev–Trinajstić information content (AvgIpc) is 2.29. The molecule has 3 N–H and O–H groups in total. The number of hydrogen-bond acceptors (Lipinski definition) is 3. The highest BCUT2D eigenvalue weighted by Crippen LogP contribution is 2.08. The fourth-order valence-corrected chi connectivity index (χ4v) is 1.52. The molecule has 1 amide bonds. The van der Waals surface area contributed by atoms with Crippen molar-refractivity contribution in [2.24, 2.45) is 5.73 Å². The molecule has 92 valence electrons. The maximum absolute atomic E-state index is 11.6. The van der Waals surface area contributed by atoms with Gasteiger partial charge in [-0.1, -0.05) is 43.8 Å². The van der Waals surface area contributed by atoms with Crippen LogP contribution in [0, 0.1) is 0 Å². The van der Waals surface area contributed by atoms with Gasteiger partial charge in [-0.15, -0.1) is 0 Å². The fourth-order valence-electron chi connectivity index (χ4n) is 1.34. The van der Waals surface area contributed by atoms with Crippen molar-refractivity contribution in [3.05, 3.63) is 30.3 Å². The molecule has 0 spiro atoms. The summed E-state index contributed by atoms with van der Waals surface area (Å²) >= 11 is 4.87. The standard InChI is InChI=1S/C12H16N2O2S/c1-2-6-10(11(13)17)14-12(15)16-9-7-4-3-5-8-9/h3-5,7-8,10H,2,6H2,1H3,(H2,13,17)(H,14,15). The normalized spacial score (nSPS) is 11.6. The summed E-state index contributed by atoms with van der Waals surface area (Å²) in [6.45, 7) is 2.00. The molecule has 0 aliphatic rings. The van der Waals surface area contributed by atoms with Gasteiger partial charge in [-0.25, -0.2) is 4.79 Å². The molecule has 0 aliphatic heterocycles. The van der Waals surface area contributed by atoms with Crippen LogP contribution >= 0.6 is 12.2 Å². The molecule has 0 aromatic heterocycles. The Morgan fingerprint density at radius 2 is 2.12 bits per heavy atom. The van der Waals surface area contributed by atoms with Crippen LogP contribution in [0.15, 0.2) is 30.3 Å². The Kier molecular flexibility index (Phi) is 5.42. The molecular weight excluding hydrogens is 236 g/mol. The zero-order valence-electron chi connectivity index (χ0n) is 9.68. The number of nitrogens with two attached hydrogens (primary N) is 1. The Bertz CT molecular complexity index is 381. The third kappa shape index (κ3) is 4.82. The Balaban J connectivity index is 2.51. The Hall–Kier alpha value is -1.62. The molecule has 0 saturated carbocycles. The predicted octanol–water partition coefficient (Wildman–Crippen LogP) is 2.23. The number of carbonyl (C=O) groups is 1. The van der Waals surface area contributed by atoms with Gasteiger partial charge in [-0.05, 0) is 18.6 Å². The van der Waals surface area contributed by atoms with Crippen LogP contribution in [0.4, 0.5) is 4.79 Å². The summed E-state index contributed by atoms with van der Waals surface area (Å²) < 4.78 is 5.08. The number of carbonyl (C=O) groups excluding carboxylic acids is 1. The smallest absolute Gasteiger partial charge is 0.410 e. The van der Waals surface area contributed by atoms with E-state index in [1.54, 1.807) is 24.3 Å². The summed E-state index contributed by atoms with van der Waals surface area (Å²) in [5.74, 6) is 0.489. The lowest BCUT2D eigenvalue weighted by atomic mass is 10.2. The van der Waals surface area contributed by atoms with Crippen LogP contribution in [0.5, 0.6) is 5.75 Å². The molecule has 0 aliphatic carbocycles. The summed E-state index contributed by atoms with van der Waals surface area (Å²) in [5, 5.41) is 2.64. The van der Waals surface area contributed by atoms with Crippen LogP contribution in [-0.2, 0) is 0 Å². The SMILES string of the molecule is CCCC(NC(=O)Oc1ccccc1)C(N)=S. The number of thiocarbonyl (C=S) groups is 1. The number of para-hydroxylation sites is 1. The van der Waals surface area contributed by atoms with Crippen molar-refractivity contribution >= 4 is 23.3 Å². The number of benzene rings is 1. The maximum atomic E-state index is 11.6. The minimum atomic E-state index is -0.539. The van der Waals surface area contributed by atoms with Gasteiger partial charge in [0.05, 0.1) is 11.0 Å². The van der Waals surface area contributed by atoms with Crippen LogP contribution in [-0.4, -0.2) is 17.1 Å². The van der Waals surface area contributed by atoms with Gasteiger partial charge < -0.3 is 15.8 Å². The average molecular weight is 252 g/mol. The van der Waals surface area contributed by atoms with Crippen molar-refractivity contribution in [2.45, 2.75) is 25.8 Å². The number of nitrogens with one attached hydrogen (secondary N) is 1. The maximum Gasteiger partial charge on any atom is 0.413 e. The summed E-state index contributed by atoms with van der Waals surface area (Å²) in [4.78, 5) is 11.8. The van der Waals surface area contributed by atoms with Crippen molar-refractivity contribution in [2.75, 3.05) is 0 Å². The molecule has 1 aromatic carbocycles. The lowest BCUT2D eigenvalue weighted by Crippen LogP contribution is -2.44. The molecule has 0 bridgehead atoms. The van der Waals surface area contributed by atoms with Gasteiger partial charge in [0.25, 0.3) is 0 Å². The minimum absolute atomic E-state index is 0.275. The quantitative estimate of drug-likeness (QED) is 0.789. The highest BCUT2D eigenvalue weighted by atomic mass is 32.1. The highest BCUT2D eigenvalue weighted by molar-refractivity contribution is 7.80. The van der Waals surface area contributed by atoms with E-state index in [0.717, 1.165) is 6.42 Å². The number of ether oxygens (including phenoxy) is 1. The van der Waals surface area contributed by atoms with Crippen molar-refractivity contribution in [1.82, 2.24) is 5.32 Å². The van der Waals surface area contributed by atoms with Gasteiger partial charge in [0, 0.05) is 0 Å². The summed E-state index contributed by atoms with van der Waals surface area (Å²) in [7, 11) is 0. The minimum Gasteiger partial charge on any atom is -0.410 e. The third-order valence-corrected chi connectivity index (χ3v) is 2.45. The number of hydrogen-bond donors (Lipinski definition) is 2. The first kappa shape index (κ1) is 13.4. The fraction of sp³-hybridized carbons (Fsp3) is 0.333. The predicted molar refractivity (Wildman–Crippen MR) is 71.1 cm³/mol. The molecule has 0 saturated heterocycles. The van der Waals surface area contributed by atoms with Crippen LogP contribution in [0.1, 0.15) is 19.8 Å². The zero-order valence-corrected chi connectivity index (χ0v) is 10.5. The van der Waals surface area contributed by atoms with E-state index in [1.165, 1.54) is 0 Å². The lowest BCUT2D eigenvalue weighted by molar-refractivity contribution is 0.198. The van der Waals surface area contributed by atoms with Crippen molar-refractivity contribution in [3.8, 4) is 5.75 Å². The monoisotopic (exact) mass is 252 g/mol. The van der Waals surface area contributed by atoms with Crippen LogP contribution in [0.25, 0.3) is 0 Å². The van der Waals surface area contributed by atoms with E-state index in [2.05, 4.69) is 5.32 Å². The zero-order chi connectivity index (χ0) is 12.7. The molecule has 1 unspecified atom stereocenters. The van der Waals surface area contributed by atoms with Gasteiger partial charge in [-0.2, -0.15) is 0 Å². The Morgan fingerprint density at radius 3 is 2.65 bits per heavy atom. The largest absolute Gasteiger partial charge is 0.413 e. The van der Waals surface area contributed by atoms with Gasteiger partial charge in [0.2, 0.25) is 0 Å². The van der Waals surface area contributed by atoms with E-state index in [4.69, 9.17) is 22.7 Å². The van der Waals surface area contributed by atoms with E-state index >= 15 is 0 Å². The van der Waals surface area contributed by atoms with Gasteiger partial charge in [0.1, 0.15) is 5.75 Å². The Labute approximate surface area is 106 Å². The van der Waals surface area contributed by atoms with Crippen molar-refractivity contribution in [1.29, 1.82) is 0 Å². The van der Waals surface area contributed by atoms with Crippen molar-refractivity contribution < 1.29 is 9.53 Å². The summed E-state index contributed by atoms with van der Waals surface area (Å²) in [6.07, 6.45) is 1.05. The summed E-state index contributed by atoms with van der Waals surface area (Å²) in [5.41, 5.74) is 5.53. The number of rotatable bonds is 5. The molecule has 4 nitrogen and oxygen atoms in total. The third-order valence-electron chi connectivity index (χ3n) is 2.17. The van der Waals surface area contributed by atoms with Gasteiger partial charge in [0.15, 0.2) is 0 Å². The molecular formula is C12H16N2O2S. The Morgan fingerprint density at radius 1 is 1.47 bits per heavy atom. The van der Waals surface area contributed by atoms with Gasteiger partial charge in [-0.3, -0.25) is 0 Å². The molecule has 1 aromatic rings.